The van der Waals surface area contributed by atoms with Crippen LogP contribution in [0.5, 0.6) is 5.75 Å². The zero-order valence-corrected chi connectivity index (χ0v) is 10.8. The summed E-state index contributed by atoms with van der Waals surface area (Å²) >= 11 is 3.32. The highest BCUT2D eigenvalue weighted by Crippen LogP contribution is 2.16. The van der Waals surface area contributed by atoms with E-state index in [0.29, 0.717) is 17.9 Å². The second kappa shape index (κ2) is 6.33. The van der Waals surface area contributed by atoms with Gasteiger partial charge in [0.1, 0.15) is 12.0 Å². The maximum Gasteiger partial charge on any atom is 0.336 e. The smallest absolute Gasteiger partial charge is 0.336 e. The minimum Gasteiger partial charge on any atom is -0.464 e. The maximum absolute atomic E-state index is 11.2. The fraction of sp³-hybridized carbons (Fsp3) is 0.250. The fourth-order valence-electron chi connectivity index (χ4n) is 0.963. The van der Waals surface area contributed by atoms with Crippen LogP contribution < -0.4 is 4.74 Å². The van der Waals surface area contributed by atoms with Crippen LogP contribution in [0.3, 0.4) is 0 Å². The molecule has 0 unspecified atom stereocenters. The molecule has 0 heterocycles. The zero-order chi connectivity index (χ0) is 12.0. The lowest BCUT2D eigenvalue weighted by molar-refractivity contribution is -0.138. The highest BCUT2D eigenvalue weighted by atomic mass is 79.9. The van der Waals surface area contributed by atoms with Crippen LogP contribution in [0.1, 0.15) is 13.8 Å². The van der Waals surface area contributed by atoms with Crippen molar-refractivity contribution in [2.75, 3.05) is 6.61 Å². The predicted octanol–water partition coefficient (Wildman–Crippen LogP) is 3.29. The Balaban J connectivity index is 2.58. The first-order valence-electron chi connectivity index (χ1n) is 4.89. The second-order valence-electron chi connectivity index (χ2n) is 3.09. The van der Waals surface area contributed by atoms with E-state index in [-0.39, 0.29) is 5.97 Å². The molecular weight excluding hydrogens is 272 g/mol. The third-order valence-electron chi connectivity index (χ3n) is 1.78. The summed E-state index contributed by atoms with van der Waals surface area (Å²) in [5, 5.41) is 0. The SMILES string of the molecule is CCOC(=O)/C(C)=C/Oc1ccc(Br)cc1. The molecule has 0 aliphatic rings. The van der Waals surface area contributed by atoms with E-state index in [1.807, 2.05) is 12.1 Å². The van der Waals surface area contributed by atoms with Crippen molar-refractivity contribution in [3.63, 3.8) is 0 Å². The normalized spacial score (nSPS) is 11.1. The predicted molar refractivity (Wildman–Crippen MR) is 65.2 cm³/mol. The molecule has 1 aromatic rings. The Bertz CT molecular complexity index is 382. The van der Waals surface area contributed by atoms with Crippen molar-refractivity contribution >= 4 is 21.9 Å². The lowest BCUT2D eigenvalue weighted by Crippen LogP contribution is -2.05. The zero-order valence-electron chi connectivity index (χ0n) is 9.20. The van der Waals surface area contributed by atoms with E-state index in [1.54, 1.807) is 26.0 Å². The molecule has 0 spiro atoms. The van der Waals surface area contributed by atoms with Gasteiger partial charge in [-0.05, 0) is 38.1 Å². The molecule has 3 nitrogen and oxygen atoms in total. The van der Waals surface area contributed by atoms with Crippen molar-refractivity contribution in [1.29, 1.82) is 0 Å². The van der Waals surface area contributed by atoms with E-state index < -0.39 is 0 Å². The number of halogens is 1. The van der Waals surface area contributed by atoms with Crippen LogP contribution >= 0.6 is 15.9 Å². The summed E-state index contributed by atoms with van der Waals surface area (Å²) in [6.07, 6.45) is 1.39. The third-order valence-corrected chi connectivity index (χ3v) is 2.31. The van der Waals surface area contributed by atoms with Crippen LogP contribution in [-0.4, -0.2) is 12.6 Å². The molecule has 0 aliphatic heterocycles. The van der Waals surface area contributed by atoms with Crippen molar-refractivity contribution in [3.8, 4) is 5.75 Å². The monoisotopic (exact) mass is 284 g/mol. The third kappa shape index (κ3) is 4.06. The van der Waals surface area contributed by atoms with E-state index in [1.165, 1.54) is 6.26 Å². The topological polar surface area (TPSA) is 35.5 Å². The van der Waals surface area contributed by atoms with E-state index >= 15 is 0 Å². The maximum atomic E-state index is 11.2. The van der Waals surface area contributed by atoms with E-state index in [4.69, 9.17) is 9.47 Å². The average Bonchev–Trinajstić information content (AvgIpc) is 2.28. The molecular formula is C12H13BrO3. The molecule has 0 saturated heterocycles. The first kappa shape index (κ1) is 12.8. The average molecular weight is 285 g/mol. The van der Waals surface area contributed by atoms with Crippen molar-refractivity contribution in [3.05, 3.63) is 40.6 Å². The number of rotatable bonds is 4. The highest BCUT2D eigenvalue weighted by molar-refractivity contribution is 9.10. The molecule has 0 radical (unpaired) electrons. The molecule has 0 aliphatic carbocycles. The Kier molecular flexibility index (Phi) is 5.05. The van der Waals surface area contributed by atoms with Crippen molar-refractivity contribution < 1.29 is 14.3 Å². The quantitative estimate of drug-likeness (QED) is 0.484. The number of carbonyl (C=O) groups excluding carboxylic acids is 1. The molecule has 4 heteroatoms. The molecule has 0 bridgehead atoms. The number of benzene rings is 1. The number of esters is 1. The van der Waals surface area contributed by atoms with E-state index in [2.05, 4.69) is 15.9 Å². The molecule has 1 aromatic carbocycles. The Morgan fingerprint density at radius 2 is 2.00 bits per heavy atom. The summed E-state index contributed by atoms with van der Waals surface area (Å²) in [6, 6.07) is 7.34. The van der Waals surface area contributed by atoms with Gasteiger partial charge < -0.3 is 9.47 Å². The van der Waals surface area contributed by atoms with Crippen LogP contribution in [0.25, 0.3) is 0 Å². The van der Waals surface area contributed by atoms with Gasteiger partial charge in [-0.1, -0.05) is 15.9 Å². The second-order valence-corrected chi connectivity index (χ2v) is 4.01. The van der Waals surface area contributed by atoms with E-state index in [9.17, 15) is 4.79 Å². The van der Waals surface area contributed by atoms with Crippen LogP contribution in [0.15, 0.2) is 40.6 Å². The van der Waals surface area contributed by atoms with Gasteiger partial charge in [0.15, 0.2) is 0 Å². The summed E-state index contributed by atoms with van der Waals surface area (Å²) in [5.74, 6) is 0.312. The van der Waals surface area contributed by atoms with Crippen molar-refractivity contribution in [2.45, 2.75) is 13.8 Å². The van der Waals surface area contributed by atoms with Gasteiger partial charge in [0.05, 0.1) is 12.2 Å². The molecule has 0 N–H and O–H groups in total. The fourth-order valence-corrected chi connectivity index (χ4v) is 1.23. The van der Waals surface area contributed by atoms with Gasteiger partial charge in [-0.2, -0.15) is 0 Å². The first-order valence-corrected chi connectivity index (χ1v) is 5.69. The largest absolute Gasteiger partial charge is 0.464 e. The Labute approximate surface area is 103 Å². The van der Waals surface area contributed by atoms with Crippen LogP contribution in [0.4, 0.5) is 0 Å². The van der Waals surface area contributed by atoms with Gasteiger partial charge in [-0.25, -0.2) is 4.79 Å². The van der Waals surface area contributed by atoms with Gasteiger partial charge in [0.25, 0.3) is 0 Å². The minimum absolute atomic E-state index is 0.361. The van der Waals surface area contributed by atoms with Gasteiger partial charge in [-0.3, -0.25) is 0 Å². The summed E-state index contributed by atoms with van der Waals surface area (Å²) in [7, 11) is 0. The molecule has 0 saturated carbocycles. The summed E-state index contributed by atoms with van der Waals surface area (Å²) in [6.45, 7) is 3.78. The number of hydrogen-bond acceptors (Lipinski definition) is 3. The number of carbonyl (C=O) groups is 1. The molecule has 0 aromatic heterocycles. The molecule has 86 valence electrons. The molecule has 0 fully saturated rings. The molecule has 1 rings (SSSR count). The Morgan fingerprint density at radius 3 is 2.56 bits per heavy atom. The van der Waals surface area contributed by atoms with Crippen LogP contribution in [0.2, 0.25) is 0 Å². The van der Waals surface area contributed by atoms with Crippen molar-refractivity contribution in [2.24, 2.45) is 0 Å². The van der Waals surface area contributed by atoms with Gasteiger partial charge >= 0.3 is 5.97 Å². The Morgan fingerprint density at radius 1 is 1.38 bits per heavy atom. The lowest BCUT2D eigenvalue weighted by Gasteiger charge is -2.03. The summed E-state index contributed by atoms with van der Waals surface area (Å²) < 4.78 is 11.1. The van der Waals surface area contributed by atoms with E-state index in [0.717, 1.165) is 4.47 Å². The number of hydrogen-bond donors (Lipinski definition) is 0. The van der Waals surface area contributed by atoms with Gasteiger partial charge in [0, 0.05) is 4.47 Å². The summed E-state index contributed by atoms with van der Waals surface area (Å²) in [4.78, 5) is 11.2. The summed E-state index contributed by atoms with van der Waals surface area (Å²) in [5.41, 5.74) is 0.435. The molecule has 0 atom stereocenters. The lowest BCUT2D eigenvalue weighted by atomic mass is 10.3. The Hall–Kier alpha value is -1.29. The van der Waals surface area contributed by atoms with Crippen LogP contribution in [0, 0.1) is 0 Å². The van der Waals surface area contributed by atoms with Gasteiger partial charge in [-0.15, -0.1) is 0 Å². The standard InChI is InChI=1S/C12H13BrO3/c1-3-15-12(14)9(2)8-16-11-6-4-10(13)5-7-11/h4-8H,3H2,1-2H3/b9-8+. The number of ether oxygens (including phenoxy) is 2. The van der Waals surface area contributed by atoms with Crippen LogP contribution in [-0.2, 0) is 9.53 Å². The highest BCUT2D eigenvalue weighted by Gasteiger charge is 2.04. The first-order chi connectivity index (χ1) is 7.63. The van der Waals surface area contributed by atoms with Crippen molar-refractivity contribution in [1.82, 2.24) is 0 Å². The molecule has 0 amide bonds. The minimum atomic E-state index is -0.361. The van der Waals surface area contributed by atoms with Gasteiger partial charge in [0.2, 0.25) is 0 Å². The molecule has 16 heavy (non-hydrogen) atoms.